The largest absolute Gasteiger partial charge is 0.384 e. The molecule has 1 aliphatic heterocycles. The molecule has 0 unspecified atom stereocenters. The van der Waals surface area contributed by atoms with Gasteiger partial charge in [0, 0.05) is 32.1 Å². The minimum Gasteiger partial charge on any atom is -0.384 e. The minimum atomic E-state index is -0.979. The van der Waals surface area contributed by atoms with E-state index in [0.717, 1.165) is 28.1 Å². The first-order valence-corrected chi connectivity index (χ1v) is 12.4. The Labute approximate surface area is 216 Å². The van der Waals surface area contributed by atoms with Gasteiger partial charge in [0.25, 0.3) is 5.91 Å². The Morgan fingerprint density at radius 2 is 1.92 bits per heavy atom. The fourth-order valence-electron chi connectivity index (χ4n) is 4.80. The van der Waals surface area contributed by atoms with Gasteiger partial charge in [-0.05, 0) is 43.0 Å². The lowest BCUT2D eigenvalue weighted by Gasteiger charge is -2.45. The summed E-state index contributed by atoms with van der Waals surface area (Å²) < 4.78 is 1.59. The van der Waals surface area contributed by atoms with Crippen molar-refractivity contribution in [3.63, 3.8) is 0 Å². The van der Waals surface area contributed by atoms with Gasteiger partial charge in [-0.2, -0.15) is 5.10 Å². The summed E-state index contributed by atoms with van der Waals surface area (Å²) in [5.74, 6) is -0.726. The Morgan fingerprint density at radius 1 is 1.19 bits per heavy atom. The summed E-state index contributed by atoms with van der Waals surface area (Å²) in [6, 6.07) is 13.0. The SMILES string of the molecule is CCC[C@@H](NC(=O)N1C(=O)[C@H](Cc2cc(C)nc(N)c2)[C@H]1C(=O)N(C)c1ccn(C)n1)c1ccccc1. The standard InChI is InChI=1S/C27H33N7O3/c1-5-9-21(19-10-7-6-8-11-19)30-27(37)34-24(26(36)33(4)23-12-13-32(3)31-23)20(25(34)35)15-18-14-17(2)29-22(28)16-18/h6-8,10-14,16,20-21,24H,5,9,15H2,1-4H3,(H2,28,29)(H,30,37)/t20-,21-,24+/m1/s1. The van der Waals surface area contributed by atoms with Gasteiger partial charge in [-0.15, -0.1) is 0 Å². The number of likely N-dealkylation sites (tertiary alicyclic amines) is 1. The fraction of sp³-hybridized carbons (Fsp3) is 0.370. The van der Waals surface area contributed by atoms with Crippen molar-refractivity contribution in [1.29, 1.82) is 0 Å². The van der Waals surface area contributed by atoms with Crippen molar-refractivity contribution in [2.45, 2.75) is 45.2 Å². The van der Waals surface area contributed by atoms with Crippen LogP contribution < -0.4 is 16.0 Å². The quantitative estimate of drug-likeness (QED) is 0.455. The molecule has 2 aromatic heterocycles. The van der Waals surface area contributed by atoms with E-state index in [1.165, 1.54) is 4.90 Å². The number of carbonyl (C=O) groups excluding carboxylic acids is 3. The summed E-state index contributed by atoms with van der Waals surface area (Å²) in [5, 5.41) is 7.28. The van der Waals surface area contributed by atoms with E-state index in [2.05, 4.69) is 15.4 Å². The van der Waals surface area contributed by atoms with E-state index in [1.54, 1.807) is 37.1 Å². The van der Waals surface area contributed by atoms with Crippen molar-refractivity contribution in [3.05, 3.63) is 71.5 Å². The zero-order chi connectivity index (χ0) is 26.7. The molecule has 194 valence electrons. The molecule has 10 nitrogen and oxygen atoms in total. The predicted octanol–water partition coefficient (Wildman–Crippen LogP) is 2.99. The smallest absolute Gasteiger partial charge is 0.325 e. The van der Waals surface area contributed by atoms with E-state index in [4.69, 9.17) is 5.73 Å². The highest BCUT2D eigenvalue weighted by Gasteiger charge is 2.55. The number of imide groups is 1. The van der Waals surface area contributed by atoms with Crippen LogP contribution in [-0.2, 0) is 23.1 Å². The number of benzene rings is 1. The maximum absolute atomic E-state index is 13.7. The van der Waals surface area contributed by atoms with Gasteiger partial charge >= 0.3 is 6.03 Å². The molecule has 3 atom stereocenters. The van der Waals surface area contributed by atoms with Gasteiger partial charge in [-0.1, -0.05) is 43.7 Å². The molecule has 3 heterocycles. The number of aryl methyl sites for hydroxylation is 2. The molecule has 3 aromatic rings. The average molecular weight is 504 g/mol. The number of nitrogens with one attached hydrogen (secondary N) is 1. The van der Waals surface area contributed by atoms with Crippen LogP contribution in [0.4, 0.5) is 16.4 Å². The second kappa shape index (κ2) is 10.8. The molecule has 0 saturated carbocycles. The van der Waals surface area contributed by atoms with Gasteiger partial charge in [-0.3, -0.25) is 24.1 Å². The number of nitrogen functional groups attached to an aromatic ring is 1. The number of urea groups is 1. The van der Waals surface area contributed by atoms with Gasteiger partial charge in [-0.25, -0.2) is 9.78 Å². The summed E-state index contributed by atoms with van der Waals surface area (Å²) >= 11 is 0. The zero-order valence-corrected chi connectivity index (χ0v) is 21.6. The molecule has 1 aromatic carbocycles. The molecule has 1 aliphatic rings. The topological polar surface area (TPSA) is 126 Å². The van der Waals surface area contributed by atoms with Gasteiger partial charge in [0.1, 0.15) is 11.9 Å². The Hall–Kier alpha value is -4.21. The average Bonchev–Trinajstić information content (AvgIpc) is 3.30. The lowest BCUT2D eigenvalue weighted by Crippen LogP contribution is -2.70. The summed E-state index contributed by atoms with van der Waals surface area (Å²) in [5.41, 5.74) is 8.36. The highest BCUT2D eigenvalue weighted by Crippen LogP contribution is 2.33. The Balaban J connectivity index is 1.61. The van der Waals surface area contributed by atoms with Crippen LogP contribution in [0.2, 0.25) is 0 Å². The third-order valence-electron chi connectivity index (χ3n) is 6.63. The summed E-state index contributed by atoms with van der Waals surface area (Å²) in [6.07, 6.45) is 3.53. The van der Waals surface area contributed by atoms with Crippen LogP contribution in [-0.4, -0.2) is 50.6 Å². The number of likely N-dealkylation sites (N-methyl/N-ethyl adjacent to an activating group) is 1. The zero-order valence-electron chi connectivity index (χ0n) is 21.6. The molecule has 1 saturated heterocycles. The third-order valence-corrected chi connectivity index (χ3v) is 6.63. The summed E-state index contributed by atoms with van der Waals surface area (Å²) in [7, 11) is 3.35. The highest BCUT2D eigenvalue weighted by atomic mass is 16.2. The van der Waals surface area contributed by atoms with Crippen LogP contribution in [0.5, 0.6) is 0 Å². The van der Waals surface area contributed by atoms with Crippen LogP contribution in [0.15, 0.2) is 54.7 Å². The van der Waals surface area contributed by atoms with Crippen LogP contribution in [0, 0.1) is 12.8 Å². The van der Waals surface area contributed by atoms with Gasteiger partial charge in [0.15, 0.2) is 5.82 Å². The van der Waals surface area contributed by atoms with Crippen molar-refractivity contribution in [3.8, 4) is 0 Å². The van der Waals surface area contributed by atoms with Crippen LogP contribution in [0.3, 0.4) is 0 Å². The first kappa shape index (κ1) is 25.9. The number of hydrogen-bond acceptors (Lipinski definition) is 6. The number of nitrogens with two attached hydrogens (primary N) is 1. The monoisotopic (exact) mass is 503 g/mol. The predicted molar refractivity (Wildman–Crippen MR) is 140 cm³/mol. The van der Waals surface area contributed by atoms with E-state index in [0.29, 0.717) is 18.1 Å². The van der Waals surface area contributed by atoms with Crippen LogP contribution >= 0.6 is 0 Å². The van der Waals surface area contributed by atoms with Crippen molar-refractivity contribution < 1.29 is 14.4 Å². The first-order valence-electron chi connectivity index (χ1n) is 12.4. The number of carbonyl (C=O) groups is 3. The number of β-lactam (4-membered cyclic amide) rings is 1. The molecule has 10 heteroatoms. The molecular formula is C27H33N7O3. The normalized spacial score (nSPS) is 17.7. The van der Waals surface area contributed by atoms with Gasteiger partial charge in [0.05, 0.1) is 12.0 Å². The number of pyridine rings is 1. The Bertz CT molecular complexity index is 1270. The van der Waals surface area contributed by atoms with E-state index < -0.39 is 23.9 Å². The number of anilines is 2. The maximum atomic E-state index is 13.7. The van der Waals surface area contributed by atoms with Crippen molar-refractivity contribution in [1.82, 2.24) is 25.0 Å². The number of amides is 4. The lowest BCUT2D eigenvalue weighted by atomic mass is 9.81. The molecule has 4 amide bonds. The molecular weight excluding hydrogens is 470 g/mol. The number of hydrogen-bond donors (Lipinski definition) is 2. The van der Waals surface area contributed by atoms with Crippen LogP contribution in [0.25, 0.3) is 0 Å². The summed E-state index contributed by atoms with van der Waals surface area (Å²) in [6.45, 7) is 3.85. The first-order chi connectivity index (χ1) is 17.7. The Kier molecular flexibility index (Phi) is 7.56. The van der Waals surface area contributed by atoms with E-state index in [9.17, 15) is 14.4 Å². The van der Waals surface area contributed by atoms with E-state index in [1.807, 2.05) is 50.2 Å². The molecule has 0 aliphatic carbocycles. The molecule has 1 fully saturated rings. The van der Waals surface area contributed by atoms with E-state index >= 15 is 0 Å². The number of rotatable bonds is 8. The second-order valence-corrected chi connectivity index (χ2v) is 9.45. The molecule has 3 N–H and O–H groups in total. The van der Waals surface area contributed by atoms with Crippen molar-refractivity contribution in [2.24, 2.45) is 13.0 Å². The highest BCUT2D eigenvalue weighted by molar-refractivity contribution is 6.12. The van der Waals surface area contributed by atoms with Gasteiger partial charge < -0.3 is 11.1 Å². The second-order valence-electron chi connectivity index (χ2n) is 9.45. The number of aromatic nitrogens is 3. The summed E-state index contributed by atoms with van der Waals surface area (Å²) in [4.78, 5) is 47.1. The van der Waals surface area contributed by atoms with Crippen LogP contribution in [0.1, 0.15) is 42.6 Å². The fourth-order valence-corrected chi connectivity index (χ4v) is 4.80. The van der Waals surface area contributed by atoms with E-state index in [-0.39, 0.29) is 18.4 Å². The van der Waals surface area contributed by atoms with Crippen molar-refractivity contribution in [2.75, 3.05) is 17.7 Å². The van der Waals surface area contributed by atoms with Crippen molar-refractivity contribution >= 4 is 29.5 Å². The molecule has 37 heavy (non-hydrogen) atoms. The third kappa shape index (κ3) is 5.47. The van der Waals surface area contributed by atoms with Gasteiger partial charge in [0.2, 0.25) is 5.91 Å². The maximum Gasteiger partial charge on any atom is 0.325 e. The minimum absolute atomic E-state index is 0.264. The lowest BCUT2D eigenvalue weighted by molar-refractivity contribution is -0.156. The molecule has 4 rings (SSSR count). The number of nitrogens with zero attached hydrogens (tertiary/aromatic N) is 5. The Morgan fingerprint density at radius 3 is 2.54 bits per heavy atom. The molecule has 0 bridgehead atoms. The molecule has 0 radical (unpaired) electrons. The molecule has 0 spiro atoms.